The van der Waals surface area contributed by atoms with Crippen LogP contribution in [0.4, 0.5) is 11.4 Å². The van der Waals surface area contributed by atoms with Crippen LogP contribution in [-0.2, 0) is 4.74 Å². The van der Waals surface area contributed by atoms with Gasteiger partial charge in [0, 0.05) is 5.69 Å². The van der Waals surface area contributed by atoms with Crippen LogP contribution >= 0.6 is 0 Å². The van der Waals surface area contributed by atoms with Crippen molar-refractivity contribution >= 4 is 17.3 Å². The number of carbonyl (C=O) groups is 1. The molecular formula is C23H21NO3. The molecule has 0 radical (unpaired) electrons. The van der Waals surface area contributed by atoms with Crippen LogP contribution in [0.5, 0.6) is 5.75 Å². The van der Waals surface area contributed by atoms with E-state index in [1.54, 1.807) is 11.0 Å². The van der Waals surface area contributed by atoms with Gasteiger partial charge in [-0.3, -0.25) is 9.69 Å². The summed E-state index contributed by atoms with van der Waals surface area (Å²) < 4.78 is 11.1. The molecule has 0 saturated carbocycles. The summed E-state index contributed by atoms with van der Waals surface area (Å²) in [4.78, 5) is 15.3. The number of anilines is 2. The molecule has 0 N–H and O–H groups in total. The van der Waals surface area contributed by atoms with Crippen molar-refractivity contribution in [1.29, 1.82) is 0 Å². The second-order valence-corrected chi connectivity index (χ2v) is 6.53. The number of benzene rings is 3. The molecule has 1 atom stereocenters. The second kappa shape index (κ2) is 7.64. The Bertz CT molecular complexity index is 935. The molecule has 0 aromatic heterocycles. The van der Waals surface area contributed by atoms with Crippen LogP contribution in [-0.4, -0.2) is 25.2 Å². The number of epoxide rings is 1. The number of hydrogen-bond donors (Lipinski definition) is 0. The van der Waals surface area contributed by atoms with E-state index in [9.17, 15) is 4.79 Å². The summed E-state index contributed by atoms with van der Waals surface area (Å²) in [7, 11) is 0. The third kappa shape index (κ3) is 3.86. The third-order valence-electron chi connectivity index (χ3n) is 4.52. The predicted molar refractivity (Wildman–Crippen MR) is 106 cm³/mol. The van der Waals surface area contributed by atoms with Gasteiger partial charge in [-0.15, -0.1) is 0 Å². The minimum absolute atomic E-state index is 0.122. The fourth-order valence-electron chi connectivity index (χ4n) is 2.99. The zero-order valence-corrected chi connectivity index (χ0v) is 15.2. The Kier molecular flexibility index (Phi) is 4.90. The van der Waals surface area contributed by atoms with Crippen molar-refractivity contribution < 1.29 is 14.3 Å². The Hall–Kier alpha value is -3.11. The van der Waals surface area contributed by atoms with Crippen molar-refractivity contribution in [2.75, 3.05) is 18.1 Å². The summed E-state index contributed by atoms with van der Waals surface area (Å²) in [5.41, 5.74) is 3.23. The van der Waals surface area contributed by atoms with Gasteiger partial charge in [0.2, 0.25) is 0 Å². The molecule has 136 valence electrons. The molecule has 0 bridgehead atoms. The smallest absolute Gasteiger partial charge is 0.266 e. The van der Waals surface area contributed by atoms with E-state index in [0.29, 0.717) is 17.9 Å². The normalized spacial score (nSPS) is 15.2. The van der Waals surface area contributed by atoms with Crippen molar-refractivity contribution in [3.8, 4) is 5.75 Å². The highest BCUT2D eigenvalue weighted by Crippen LogP contribution is 2.32. The number of ether oxygens (including phenoxy) is 2. The molecule has 4 rings (SSSR count). The number of amides is 1. The van der Waals surface area contributed by atoms with Crippen LogP contribution < -0.4 is 9.64 Å². The fraction of sp³-hybridized carbons (Fsp3) is 0.174. The summed E-state index contributed by atoms with van der Waals surface area (Å²) in [6.07, 6.45) is 0.134. The van der Waals surface area contributed by atoms with Gasteiger partial charge in [0.25, 0.3) is 5.91 Å². The quantitative estimate of drug-likeness (QED) is 0.597. The van der Waals surface area contributed by atoms with Gasteiger partial charge in [-0.1, -0.05) is 48.5 Å². The van der Waals surface area contributed by atoms with Gasteiger partial charge in [-0.25, -0.2) is 0 Å². The zero-order valence-electron chi connectivity index (χ0n) is 15.2. The van der Waals surface area contributed by atoms with Crippen molar-refractivity contribution in [2.24, 2.45) is 0 Å². The average molecular weight is 359 g/mol. The standard InChI is InChI=1S/C23H21NO3/c1-17-9-5-7-13-21(17)24(18-10-3-2-4-11-18)23(25)20-12-6-8-14-22(20)27-16-19-15-26-19/h2-14,19H,15-16H2,1H3. The first kappa shape index (κ1) is 17.3. The number of aryl methyl sites for hydroxylation is 1. The molecule has 1 unspecified atom stereocenters. The molecule has 1 fully saturated rings. The van der Waals surface area contributed by atoms with Gasteiger partial charge in [0.1, 0.15) is 18.5 Å². The summed E-state index contributed by atoms with van der Waals surface area (Å²) in [5, 5.41) is 0. The molecule has 1 heterocycles. The summed E-state index contributed by atoms with van der Waals surface area (Å²) >= 11 is 0. The topological polar surface area (TPSA) is 42.1 Å². The van der Waals surface area contributed by atoms with Crippen molar-refractivity contribution in [3.05, 3.63) is 90.0 Å². The maximum atomic E-state index is 13.6. The first-order chi connectivity index (χ1) is 13.2. The van der Waals surface area contributed by atoms with Crippen molar-refractivity contribution in [3.63, 3.8) is 0 Å². The first-order valence-corrected chi connectivity index (χ1v) is 9.02. The number of nitrogens with zero attached hydrogens (tertiary/aromatic N) is 1. The molecule has 27 heavy (non-hydrogen) atoms. The molecule has 1 saturated heterocycles. The van der Waals surface area contributed by atoms with E-state index in [4.69, 9.17) is 9.47 Å². The largest absolute Gasteiger partial charge is 0.490 e. The lowest BCUT2D eigenvalue weighted by Gasteiger charge is -2.25. The highest BCUT2D eigenvalue weighted by atomic mass is 16.6. The van der Waals surface area contributed by atoms with Crippen LogP contribution in [0.2, 0.25) is 0 Å². The van der Waals surface area contributed by atoms with E-state index < -0.39 is 0 Å². The van der Waals surface area contributed by atoms with Gasteiger partial charge >= 0.3 is 0 Å². The highest BCUT2D eigenvalue weighted by molar-refractivity contribution is 6.12. The van der Waals surface area contributed by atoms with Crippen molar-refractivity contribution in [1.82, 2.24) is 0 Å². The van der Waals surface area contributed by atoms with E-state index in [1.807, 2.05) is 79.7 Å². The minimum atomic E-state index is -0.122. The third-order valence-corrected chi connectivity index (χ3v) is 4.52. The van der Waals surface area contributed by atoms with E-state index in [-0.39, 0.29) is 12.0 Å². The van der Waals surface area contributed by atoms with Gasteiger partial charge in [-0.2, -0.15) is 0 Å². The summed E-state index contributed by atoms with van der Waals surface area (Å²) in [6.45, 7) is 3.18. The number of carbonyl (C=O) groups excluding carboxylic acids is 1. The Morgan fingerprint density at radius 1 is 1.00 bits per heavy atom. The Morgan fingerprint density at radius 3 is 2.41 bits per heavy atom. The predicted octanol–water partition coefficient (Wildman–Crippen LogP) is 4.75. The molecular weight excluding hydrogens is 338 g/mol. The lowest BCUT2D eigenvalue weighted by Crippen LogP contribution is -2.27. The van der Waals surface area contributed by atoms with Gasteiger partial charge < -0.3 is 9.47 Å². The molecule has 4 heteroatoms. The molecule has 1 amide bonds. The van der Waals surface area contributed by atoms with E-state index >= 15 is 0 Å². The maximum absolute atomic E-state index is 13.6. The van der Waals surface area contributed by atoms with Crippen LogP contribution in [0.15, 0.2) is 78.9 Å². The highest BCUT2D eigenvalue weighted by Gasteiger charge is 2.26. The summed E-state index contributed by atoms with van der Waals surface area (Å²) in [5.74, 6) is 0.454. The first-order valence-electron chi connectivity index (χ1n) is 9.02. The Balaban J connectivity index is 1.74. The van der Waals surface area contributed by atoms with Crippen molar-refractivity contribution in [2.45, 2.75) is 13.0 Å². The SMILES string of the molecule is Cc1ccccc1N(C(=O)c1ccccc1OCC1CO1)c1ccccc1. The van der Waals surface area contributed by atoms with Gasteiger partial charge in [0.05, 0.1) is 17.9 Å². The molecule has 1 aliphatic rings. The molecule has 3 aromatic rings. The van der Waals surface area contributed by atoms with Crippen LogP contribution in [0.25, 0.3) is 0 Å². The van der Waals surface area contributed by atoms with Crippen LogP contribution in [0.3, 0.4) is 0 Å². The molecule has 1 aliphatic heterocycles. The van der Waals surface area contributed by atoms with Gasteiger partial charge in [-0.05, 0) is 42.8 Å². The summed E-state index contributed by atoms with van der Waals surface area (Å²) in [6, 6.07) is 24.9. The Labute approximate surface area is 159 Å². The molecule has 4 nitrogen and oxygen atoms in total. The van der Waals surface area contributed by atoms with Crippen LogP contribution in [0, 0.1) is 6.92 Å². The van der Waals surface area contributed by atoms with E-state index in [1.165, 1.54) is 0 Å². The lowest BCUT2D eigenvalue weighted by atomic mass is 10.1. The number of hydrogen-bond acceptors (Lipinski definition) is 3. The second-order valence-electron chi connectivity index (χ2n) is 6.53. The molecule has 0 aliphatic carbocycles. The lowest BCUT2D eigenvalue weighted by molar-refractivity contribution is 0.0994. The molecule has 3 aromatic carbocycles. The Morgan fingerprint density at radius 2 is 1.67 bits per heavy atom. The van der Waals surface area contributed by atoms with E-state index in [2.05, 4.69) is 0 Å². The number of rotatable bonds is 6. The van der Waals surface area contributed by atoms with E-state index in [0.717, 1.165) is 23.5 Å². The maximum Gasteiger partial charge on any atom is 0.266 e. The van der Waals surface area contributed by atoms with Crippen LogP contribution in [0.1, 0.15) is 15.9 Å². The molecule has 0 spiro atoms. The monoisotopic (exact) mass is 359 g/mol. The van der Waals surface area contributed by atoms with Gasteiger partial charge in [0.15, 0.2) is 0 Å². The minimum Gasteiger partial charge on any atom is -0.490 e. The average Bonchev–Trinajstić information content (AvgIpc) is 3.53. The zero-order chi connectivity index (χ0) is 18.6. The number of para-hydroxylation sites is 3. The fourth-order valence-corrected chi connectivity index (χ4v) is 2.99.